The average molecular weight is 234 g/mol. The maximum absolute atomic E-state index is 11.9. The zero-order valence-corrected chi connectivity index (χ0v) is 9.79. The summed E-state index contributed by atoms with van der Waals surface area (Å²) in [6.07, 6.45) is 4.10. The second-order valence-corrected chi connectivity index (χ2v) is 4.13. The first kappa shape index (κ1) is 11.4. The summed E-state index contributed by atoms with van der Waals surface area (Å²) in [7, 11) is 0. The molecular formula is C12H14N2O3. The van der Waals surface area contributed by atoms with Crippen LogP contribution in [0.4, 0.5) is 0 Å². The summed E-state index contributed by atoms with van der Waals surface area (Å²) in [5.74, 6) is 0.868. The van der Waals surface area contributed by atoms with Crippen molar-refractivity contribution in [2.24, 2.45) is 0 Å². The van der Waals surface area contributed by atoms with E-state index in [0.29, 0.717) is 18.6 Å². The summed E-state index contributed by atoms with van der Waals surface area (Å²) < 4.78 is 8.42. The van der Waals surface area contributed by atoms with Crippen LogP contribution in [-0.2, 0) is 6.54 Å². The van der Waals surface area contributed by atoms with Crippen LogP contribution in [0.3, 0.4) is 0 Å². The van der Waals surface area contributed by atoms with Crippen molar-refractivity contribution in [1.82, 2.24) is 9.13 Å². The number of imidazole rings is 1. The van der Waals surface area contributed by atoms with Crippen LogP contribution < -0.4 is 5.69 Å². The Balaban J connectivity index is 2.24. The van der Waals surface area contributed by atoms with Gasteiger partial charge in [0.1, 0.15) is 5.76 Å². The van der Waals surface area contributed by atoms with Crippen molar-refractivity contribution < 1.29 is 9.21 Å². The Morgan fingerprint density at radius 2 is 2.12 bits per heavy atom. The molecule has 2 heterocycles. The molecule has 0 saturated heterocycles. The van der Waals surface area contributed by atoms with Gasteiger partial charge in [0.15, 0.2) is 12.0 Å². The van der Waals surface area contributed by atoms with Crippen LogP contribution in [0.5, 0.6) is 0 Å². The molecule has 0 fully saturated rings. The van der Waals surface area contributed by atoms with Gasteiger partial charge in [0.25, 0.3) is 0 Å². The van der Waals surface area contributed by atoms with E-state index in [1.165, 1.54) is 0 Å². The molecule has 0 aliphatic carbocycles. The van der Waals surface area contributed by atoms with E-state index in [4.69, 9.17) is 4.42 Å². The molecule has 0 aliphatic heterocycles. The Bertz CT molecular complexity index is 575. The monoisotopic (exact) mass is 234 g/mol. The van der Waals surface area contributed by atoms with Crippen molar-refractivity contribution >= 4 is 6.29 Å². The summed E-state index contributed by atoms with van der Waals surface area (Å²) in [5.41, 5.74) is -0.0796. The van der Waals surface area contributed by atoms with E-state index >= 15 is 0 Å². The Kier molecular flexibility index (Phi) is 2.99. The summed E-state index contributed by atoms with van der Waals surface area (Å²) in [6, 6.07) is 3.42. The molecule has 2 aromatic rings. The molecule has 0 aliphatic rings. The Morgan fingerprint density at radius 1 is 1.35 bits per heavy atom. The first-order valence-electron chi connectivity index (χ1n) is 5.43. The van der Waals surface area contributed by atoms with Crippen molar-refractivity contribution in [3.8, 4) is 0 Å². The van der Waals surface area contributed by atoms with Gasteiger partial charge in [-0.25, -0.2) is 4.79 Å². The molecule has 90 valence electrons. The molecule has 0 amide bonds. The largest absolute Gasteiger partial charge is 0.456 e. The highest BCUT2D eigenvalue weighted by Gasteiger charge is 2.08. The lowest BCUT2D eigenvalue weighted by Crippen LogP contribution is -2.25. The third-order valence-electron chi connectivity index (χ3n) is 2.55. The van der Waals surface area contributed by atoms with E-state index in [9.17, 15) is 9.59 Å². The third kappa shape index (κ3) is 2.22. The van der Waals surface area contributed by atoms with Crippen LogP contribution in [0.1, 0.15) is 36.2 Å². The molecule has 5 nitrogen and oxygen atoms in total. The van der Waals surface area contributed by atoms with E-state index in [0.717, 1.165) is 0 Å². The van der Waals surface area contributed by atoms with Gasteiger partial charge in [0, 0.05) is 18.4 Å². The number of rotatable bonds is 4. The van der Waals surface area contributed by atoms with E-state index in [2.05, 4.69) is 0 Å². The zero-order chi connectivity index (χ0) is 12.4. The molecule has 0 aromatic carbocycles. The van der Waals surface area contributed by atoms with Crippen LogP contribution in [0.2, 0.25) is 0 Å². The predicted octanol–water partition coefficient (Wildman–Crippen LogP) is 1.68. The molecule has 17 heavy (non-hydrogen) atoms. The maximum atomic E-state index is 11.9. The van der Waals surface area contributed by atoms with Gasteiger partial charge in [-0.15, -0.1) is 0 Å². The molecule has 0 atom stereocenters. The van der Waals surface area contributed by atoms with E-state index in [1.807, 2.05) is 13.8 Å². The predicted molar refractivity (Wildman–Crippen MR) is 62.3 cm³/mol. The number of hydrogen-bond acceptors (Lipinski definition) is 3. The van der Waals surface area contributed by atoms with Crippen LogP contribution in [0.25, 0.3) is 0 Å². The van der Waals surface area contributed by atoms with Gasteiger partial charge in [-0.05, 0) is 26.0 Å². The first-order chi connectivity index (χ1) is 8.11. The second kappa shape index (κ2) is 4.45. The van der Waals surface area contributed by atoms with Gasteiger partial charge in [0.05, 0.1) is 6.54 Å². The smallest absolute Gasteiger partial charge is 0.328 e. The zero-order valence-electron chi connectivity index (χ0n) is 9.79. The Hall–Kier alpha value is -2.04. The van der Waals surface area contributed by atoms with Crippen molar-refractivity contribution in [2.45, 2.75) is 26.4 Å². The van der Waals surface area contributed by atoms with Crippen LogP contribution in [0, 0.1) is 0 Å². The number of aldehydes is 1. The van der Waals surface area contributed by atoms with E-state index in [-0.39, 0.29) is 17.5 Å². The number of carbonyl (C=O) groups is 1. The molecule has 0 spiro atoms. The molecule has 0 unspecified atom stereocenters. The van der Waals surface area contributed by atoms with Crippen LogP contribution >= 0.6 is 0 Å². The first-order valence-corrected chi connectivity index (χ1v) is 5.43. The lowest BCUT2D eigenvalue weighted by molar-refractivity contribution is 0.109. The highest BCUT2D eigenvalue weighted by Crippen LogP contribution is 2.07. The topological polar surface area (TPSA) is 57.1 Å². The fourth-order valence-corrected chi connectivity index (χ4v) is 1.65. The molecule has 2 rings (SSSR count). The fraction of sp³-hybridized carbons (Fsp3) is 0.333. The van der Waals surface area contributed by atoms with Crippen LogP contribution in [-0.4, -0.2) is 15.4 Å². The number of carbonyl (C=O) groups excluding carboxylic acids is 1. The van der Waals surface area contributed by atoms with Crippen molar-refractivity contribution in [2.75, 3.05) is 0 Å². The molecule has 5 heteroatoms. The molecule has 2 aromatic heterocycles. The van der Waals surface area contributed by atoms with Gasteiger partial charge in [-0.1, -0.05) is 0 Å². The highest BCUT2D eigenvalue weighted by molar-refractivity contribution is 5.70. The van der Waals surface area contributed by atoms with Gasteiger partial charge in [-0.3, -0.25) is 13.9 Å². The summed E-state index contributed by atoms with van der Waals surface area (Å²) in [4.78, 5) is 22.4. The van der Waals surface area contributed by atoms with Crippen molar-refractivity contribution in [3.63, 3.8) is 0 Å². The fourth-order valence-electron chi connectivity index (χ4n) is 1.65. The van der Waals surface area contributed by atoms with Gasteiger partial charge >= 0.3 is 5.69 Å². The minimum atomic E-state index is -0.0796. The Morgan fingerprint density at radius 3 is 2.65 bits per heavy atom. The molecule has 0 saturated carbocycles. The standard InChI is InChI=1S/C12H14N2O3/c1-9(2)14-6-5-13(12(14)16)7-10-3-4-11(8-15)17-10/h3-6,8-9H,7H2,1-2H3. The lowest BCUT2D eigenvalue weighted by Gasteiger charge is -2.04. The number of hydrogen-bond donors (Lipinski definition) is 0. The number of aromatic nitrogens is 2. The average Bonchev–Trinajstić information content (AvgIpc) is 2.87. The normalized spacial score (nSPS) is 11.0. The van der Waals surface area contributed by atoms with Crippen molar-refractivity contribution in [3.05, 3.63) is 46.5 Å². The van der Waals surface area contributed by atoms with Crippen LogP contribution in [0.15, 0.2) is 33.7 Å². The SMILES string of the molecule is CC(C)n1ccn(Cc2ccc(C=O)o2)c1=O. The molecule has 0 bridgehead atoms. The number of furan rings is 1. The molecular weight excluding hydrogens is 220 g/mol. The summed E-state index contributed by atoms with van der Waals surface area (Å²) >= 11 is 0. The third-order valence-corrected chi connectivity index (χ3v) is 2.55. The van der Waals surface area contributed by atoms with E-state index < -0.39 is 0 Å². The molecule has 0 N–H and O–H groups in total. The minimum absolute atomic E-state index is 0.0796. The molecule has 0 radical (unpaired) electrons. The summed E-state index contributed by atoms with van der Waals surface area (Å²) in [5, 5.41) is 0. The van der Waals surface area contributed by atoms with Crippen molar-refractivity contribution in [1.29, 1.82) is 0 Å². The maximum Gasteiger partial charge on any atom is 0.328 e. The Labute approximate surface area is 98.3 Å². The van der Waals surface area contributed by atoms with Gasteiger partial charge in [0.2, 0.25) is 0 Å². The highest BCUT2D eigenvalue weighted by atomic mass is 16.3. The lowest BCUT2D eigenvalue weighted by atomic mass is 10.4. The second-order valence-electron chi connectivity index (χ2n) is 4.13. The summed E-state index contributed by atoms with van der Waals surface area (Å²) in [6.45, 7) is 4.23. The quantitative estimate of drug-likeness (QED) is 0.756. The van der Waals surface area contributed by atoms with Gasteiger partial charge < -0.3 is 4.42 Å². The van der Waals surface area contributed by atoms with Gasteiger partial charge in [-0.2, -0.15) is 0 Å². The number of nitrogens with zero attached hydrogens (tertiary/aromatic N) is 2. The minimum Gasteiger partial charge on any atom is -0.456 e. The van der Waals surface area contributed by atoms with E-state index in [1.54, 1.807) is 33.7 Å².